The number of aliphatic hydroxyl groups excluding tert-OH is 2. The lowest BCUT2D eigenvalue weighted by molar-refractivity contribution is -0.125. The van der Waals surface area contributed by atoms with Crippen molar-refractivity contribution in [1.82, 2.24) is 4.90 Å². The third-order valence-electron chi connectivity index (χ3n) is 4.48. The number of hydrogen-bond donors (Lipinski definition) is 2. The number of likely N-dealkylation sites (N-methyl/N-ethyl adjacent to an activating group) is 1. The van der Waals surface area contributed by atoms with Gasteiger partial charge in [0.05, 0.1) is 24.9 Å². The Morgan fingerprint density at radius 2 is 2.00 bits per heavy atom. The fraction of sp³-hybridized carbons (Fsp3) is 0.588. The number of rotatable bonds is 6. The molecule has 1 atom stereocenters. The van der Waals surface area contributed by atoms with Crippen LogP contribution < -0.4 is 4.90 Å². The normalized spacial score (nSPS) is 19.5. The third kappa shape index (κ3) is 3.88. The maximum absolute atomic E-state index is 14.0. The van der Waals surface area contributed by atoms with Crippen molar-refractivity contribution in [3.63, 3.8) is 0 Å². The molecule has 1 aliphatic heterocycles. The average molecular weight is 324 g/mol. The molecule has 1 aromatic carbocycles. The standard InChI is InChI=1S/C17H25FN2O3/c1-17(11-21,12-22)10-19(2)15-8-5-9-20(16(15)23)14-7-4-3-6-13(14)18/h3-4,6-7,15,21-22H,5,8-12H2,1-2H3. The van der Waals surface area contributed by atoms with Crippen LogP contribution in [0.3, 0.4) is 0 Å². The van der Waals surface area contributed by atoms with Gasteiger partial charge in [0.15, 0.2) is 0 Å². The number of benzene rings is 1. The molecule has 1 aliphatic rings. The van der Waals surface area contributed by atoms with E-state index >= 15 is 0 Å². The summed E-state index contributed by atoms with van der Waals surface area (Å²) < 4.78 is 14.0. The van der Waals surface area contributed by atoms with E-state index in [9.17, 15) is 19.4 Å². The van der Waals surface area contributed by atoms with E-state index < -0.39 is 11.2 Å². The number of halogens is 1. The van der Waals surface area contributed by atoms with Crippen LogP contribution >= 0.6 is 0 Å². The van der Waals surface area contributed by atoms with E-state index in [4.69, 9.17) is 0 Å². The first-order chi connectivity index (χ1) is 10.9. The lowest BCUT2D eigenvalue weighted by atomic mass is 9.91. The number of amides is 1. The predicted molar refractivity (Wildman–Crippen MR) is 86.7 cm³/mol. The van der Waals surface area contributed by atoms with Crippen molar-refractivity contribution in [1.29, 1.82) is 0 Å². The molecule has 1 aromatic rings. The van der Waals surface area contributed by atoms with Crippen molar-refractivity contribution in [3.05, 3.63) is 30.1 Å². The first-order valence-electron chi connectivity index (χ1n) is 7.90. The van der Waals surface area contributed by atoms with Gasteiger partial charge in [0, 0.05) is 18.5 Å². The van der Waals surface area contributed by atoms with Crippen LogP contribution in [0.25, 0.3) is 0 Å². The zero-order valence-corrected chi connectivity index (χ0v) is 13.7. The number of aliphatic hydroxyl groups is 2. The van der Waals surface area contributed by atoms with E-state index in [0.29, 0.717) is 25.2 Å². The average Bonchev–Trinajstić information content (AvgIpc) is 2.55. The van der Waals surface area contributed by atoms with E-state index in [2.05, 4.69) is 0 Å². The van der Waals surface area contributed by atoms with Crippen molar-refractivity contribution in [2.24, 2.45) is 5.41 Å². The minimum absolute atomic E-state index is 0.137. The Morgan fingerprint density at radius 3 is 2.61 bits per heavy atom. The lowest BCUT2D eigenvalue weighted by Gasteiger charge is -2.40. The molecule has 1 fully saturated rings. The molecular formula is C17H25FN2O3. The summed E-state index contributed by atoms with van der Waals surface area (Å²) in [5.74, 6) is -0.540. The highest BCUT2D eigenvalue weighted by molar-refractivity contribution is 5.98. The maximum Gasteiger partial charge on any atom is 0.244 e. The molecule has 2 rings (SSSR count). The molecule has 0 aromatic heterocycles. The van der Waals surface area contributed by atoms with E-state index in [1.54, 1.807) is 32.2 Å². The second kappa shape index (κ2) is 7.38. The smallest absolute Gasteiger partial charge is 0.244 e. The monoisotopic (exact) mass is 324 g/mol. The lowest BCUT2D eigenvalue weighted by Crippen LogP contribution is -2.54. The topological polar surface area (TPSA) is 64.0 Å². The summed E-state index contributed by atoms with van der Waals surface area (Å²) in [7, 11) is 1.80. The Hall–Kier alpha value is -1.50. The van der Waals surface area contributed by atoms with Crippen molar-refractivity contribution >= 4 is 11.6 Å². The molecule has 23 heavy (non-hydrogen) atoms. The van der Waals surface area contributed by atoms with E-state index in [1.165, 1.54) is 11.0 Å². The second-order valence-corrected chi connectivity index (χ2v) is 6.64. The summed E-state index contributed by atoms with van der Waals surface area (Å²) >= 11 is 0. The molecule has 0 radical (unpaired) electrons. The number of anilines is 1. The summed E-state index contributed by atoms with van der Waals surface area (Å²) in [6.07, 6.45) is 1.47. The highest BCUT2D eigenvalue weighted by Gasteiger charge is 2.36. The molecule has 128 valence electrons. The van der Waals surface area contributed by atoms with Crippen LogP contribution in [0.4, 0.5) is 10.1 Å². The molecule has 1 heterocycles. The molecule has 1 saturated heterocycles. The molecule has 0 spiro atoms. The number of hydrogen-bond acceptors (Lipinski definition) is 4. The van der Waals surface area contributed by atoms with Crippen molar-refractivity contribution < 1.29 is 19.4 Å². The van der Waals surface area contributed by atoms with Crippen molar-refractivity contribution in [3.8, 4) is 0 Å². The fourth-order valence-electron chi connectivity index (χ4n) is 3.04. The van der Waals surface area contributed by atoms with Crippen LogP contribution in [0.1, 0.15) is 19.8 Å². The van der Waals surface area contributed by atoms with E-state index in [1.807, 2.05) is 4.90 Å². The molecule has 1 unspecified atom stereocenters. The van der Waals surface area contributed by atoms with Gasteiger partial charge in [0.2, 0.25) is 5.91 Å². The quantitative estimate of drug-likeness (QED) is 0.826. The molecule has 0 saturated carbocycles. The Balaban J connectivity index is 2.15. The minimum Gasteiger partial charge on any atom is -0.396 e. The summed E-state index contributed by atoms with van der Waals surface area (Å²) in [6, 6.07) is 5.91. The predicted octanol–water partition coefficient (Wildman–Crippen LogP) is 1.24. The Morgan fingerprint density at radius 1 is 1.35 bits per heavy atom. The van der Waals surface area contributed by atoms with Crippen molar-refractivity contribution in [2.45, 2.75) is 25.8 Å². The Kier molecular flexibility index (Phi) is 5.73. The SMILES string of the molecule is CN(CC(C)(CO)CO)C1CCCN(c2ccccc2F)C1=O. The molecule has 6 heteroatoms. The summed E-state index contributed by atoms with van der Waals surface area (Å²) in [4.78, 5) is 16.1. The first-order valence-corrected chi connectivity index (χ1v) is 7.90. The van der Waals surface area contributed by atoms with Gasteiger partial charge in [0.25, 0.3) is 0 Å². The largest absolute Gasteiger partial charge is 0.396 e. The first kappa shape index (κ1) is 17.8. The van der Waals surface area contributed by atoms with Gasteiger partial charge >= 0.3 is 0 Å². The summed E-state index contributed by atoms with van der Waals surface area (Å²) in [5.41, 5.74) is -0.363. The van der Waals surface area contributed by atoms with Gasteiger partial charge in [-0.05, 0) is 32.0 Å². The Bertz CT molecular complexity index is 548. The van der Waals surface area contributed by atoms with E-state index in [-0.39, 0.29) is 25.2 Å². The number of carbonyl (C=O) groups excluding carboxylic acids is 1. The van der Waals surface area contributed by atoms with Gasteiger partial charge in [-0.2, -0.15) is 0 Å². The maximum atomic E-state index is 14.0. The van der Waals surface area contributed by atoms with Crippen LogP contribution in [-0.2, 0) is 4.79 Å². The summed E-state index contributed by atoms with van der Waals surface area (Å²) in [5, 5.41) is 18.9. The highest BCUT2D eigenvalue weighted by Crippen LogP contribution is 2.27. The molecule has 1 amide bonds. The summed E-state index contributed by atoms with van der Waals surface area (Å²) in [6.45, 7) is 2.34. The van der Waals surface area contributed by atoms with E-state index in [0.717, 1.165) is 6.42 Å². The van der Waals surface area contributed by atoms with Crippen LogP contribution in [0, 0.1) is 11.2 Å². The van der Waals surface area contributed by atoms with Crippen LogP contribution in [0.2, 0.25) is 0 Å². The number of para-hydroxylation sites is 1. The number of carbonyl (C=O) groups is 1. The molecule has 2 N–H and O–H groups in total. The molecule has 5 nitrogen and oxygen atoms in total. The number of piperidine rings is 1. The van der Waals surface area contributed by atoms with Gasteiger partial charge in [-0.25, -0.2) is 4.39 Å². The zero-order chi connectivity index (χ0) is 17.0. The molecular weight excluding hydrogens is 299 g/mol. The minimum atomic E-state index is -0.671. The van der Waals surface area contributed by atoms with Gasteiger partial charge in [-0.15, -0.1) is 0 Å². The van der Waals surface area contributed by atoms with Gasteiger partial charge in [0.1, 0.15) is 5.82 Å². The highest BCUT2D eigenvalue weighted by atomic mass is 19.1. The molecule has 0 bridgehead atoms. The zero-order valence-electron chi connectivity index (χ0n) is 13.7. The third-order valence-corrected chi connectivity index (χ3v) is 4.48. The van der Waals surface area contributed by atoms with Gasteiger partial charge in [-0.3, -0.25) is 9.69 Å². The van der Waals surface area contributed by atoms with Gasteiger partial charge in [-0.1, -0.05) is 19.1 Å². The van der Waals surface area contributed by atoms with Crippen LogP contribution in [0.5, 0.6) is 0 Å². The molecule has 0 aliphatic carbocycles. The fourth-order valence-corrected chi connectivity index (χ4v) is 3.04. The van der Waals surface area contributed by atoms with Gasteiger partial charge < -0.3 is 15.1 Å². The van der Waals surface area contributed by atoms with Crippen molar-refractivity contribution in [2.75, 3.05) is 38.3 Å². The van der Waals surface area contributed by atoms with Crippen LogP contribution in [-0.4, -0.2) is 60.4 Å². The Labute approximate surface area is 136 Å². The number of nitrogens with zero attached hydrogens (tertiary/aromatic N) is 2. The second-order valence-electron chi connectivity index (χ2n) is 6.64. The van der Waals surface area contributed by atoms with Crippen LogP contribution in [0.15, 0.2) is 24.3 Å².